The number of rotatable bonds is 8. The van der Waals surface area contributed by atoms with E-state index in [0.717, 1.165) is 17.5 Å². The number of benzene rings is 3. The molecule has 0 aliphatic rings. The quantitative estimate of drug-likeness (QED) is 0.430. The molecular formula is C24H24N4O3S. The van der Waals surface area contributed by atoms with Crippen molar-refractivity contribution < 1.29 is 13.2 Å². The van der Waals surface area contributed by atoms with Crippen molar-refractivity contribution in [3.63, 3.8) is 0 Å². The van der Waals surface area contributed by atoms with Crippen LogP contribution in [0, 0.1) is 0 Å². The van der Waals surface area contributed by atoms with Crippen molar-refractivity contribution in [3.8, 4) is 0 Å². The number of hydrogen-bond donors (Lipinski definition) is 2. The summed E-state index contributed by atoms with van der Waals surface area (Å²) < 4.78 is 30.3. The van der Waals surface area contributed by atoms with Gasteiger partial charge in [-0.2, -0.15) is 0 Å². The van der Waals surface area contributed by atoms with Crippen LogP contribution < -0.4 is 10.0 Å². The molecule has 1 amide bonds. The first-order valence-electron chi connectivity index (χ1n) is 10.3. The Morgan fingerprint density at radius 1 is 0.938 bits per heavy atom. The van der Waals surface area contributed by atoms with E-state index in [2.05, 4.69) is 31.7 Å². The highest BCUT2D eigenvalue weighted by Gasteiger charge is 2.17. The smallest absolute Gasteiger partial charge is 0.240 e. The van der Waals surface area contributed by atoms with Gasteiger partial charge < -0.3 is 9.88 Å². The molecule has 0 bridgehead atoms. The minimum atomic E-state index is -3.74. The number of amides is 1. The van der Waals surface area contributed by atoms with Gasteiger partial charge in [0.15, 0.2) is 0 Å². The van der Waals surface area contributed by atoms with Crippen LogP contribution in [0.4, 0.5) is 5.69 Å². The molecule has 0 radical (unpaired) electrons. The van der Waals surface area contributed by atoms with Crippen LogP contribution in [0.5, 0.6) is 0 Å². The molecule has 0 atom stereocenters. The summed E-state index contributed by atoms with van der Waals surface area (Å²) in [6, 6.07) is 24.0. The minimum absolute atomic E-state index is 0.0687. The third-order valence-electron chi connectivity index (χ3n) is 5.11. The number of aryl methyl sites for hydroxylation is 2. The van der Waals surface area contributed by atoms with E-state index in [1.54, 1.807) is 12.1 Å². The average molecular weight is 449 g/mol. The molecule has 0 fully saturated rings. The molecule has 4 aromatic rings. The molecule has 32 heavy (non-hydrogen) atoms. The molecule has 0 spiro atoms. The first-order chi connectivity index (χ1) is 15.4. The van der Waals surface area contributed by atoms with Gasteiger partial charge in [-0.25, -0.2) is 18.1 Å². The van der Waals surface area contributed by atoms with Gasteiger partial charge in [0.25, 0.3) is 0 Å². The molecule has 4 rings (SSSR count). The number of hydrogen-bond acceptors (Lipinski definition) is 4. The molecule has 1 aromatic heterocycles. The Morgan fingerprint density at radius 2 is 1.62 bits per heavy atom. The number of para-hydroxylation sites is 2. The molecule has 3 aromatic carbocycles. The maximum atomic E-state index is 12.8. The molecule has 0 unspecified atom stereocenters. The summed E-state index contributed by atoms with van der Waals surface area (Å²) in [5, 5.41) is 2.62. The number of aromatic nitrogens is 2. The van der Waals surface area contributed by atoms with Crippen molar-refractivity contribution in [2.75, 3.05) is 5.32 Å². The lowest BCUT2D eigenvalue weighted by atomic mass is 10.1. The fourth-order valence-electron chi connectivity index (χ4n) is 3.56. The van der Waals surface area contributed by atoms with Gasteiger partial charge in [-0.05, 0) is 48.4 Å². The van der Waals surface area contributed by atoms with Crippen molar-refractivity contribution in [2.45, 2.75) is 31.3 Å². The second kappa shape index (κ2) is 9.33. The lowest BCUT2D eigenvalue weighted by molar-refractivity contribution is -0.114. The van der Waals surface area contributed by atoms with Gasteiger partial charge in [0, 0.05) is 19.2 Å². The molecule has 0 saturated heterocycles. The van der Waals surface area contributed by atoms with Gasteiger partial charge >= 0.3 is 0 Å². The monoisotopic (exact) mass is 448 g/mol. The van der Waals surface area contributed by atoms with Gasteiger partial charge in [-0.1, -0.05) is 42.5 Å². The number of fused-ring (bicyclic) bond motifs is 1. The van der Waals surface area contributed by atoms with Crippen LogP contribution in [0.25, 0.3) is 11.0 Å². The van der Waals surface area contributed by atoms with Crippen LogP contribution >= 0.6 is 0 Å². The summed E-state index contributed by atoms with van der Waals surface area (Å²) in [4.78, 5) is 15.9. The Kier molecular flexibility index (Phi) is 6.34. The summed E-state index contributed by atoms with van der Waals surface area (Å²) in [6.45, 7) is 2.16. The second-order valence-electron chi connectivity index (χ2n) is 7.43. The predicted molar refractivity (Wildman–Crippen MR) is 125 cm³/mol. The number of nitrogens with zero attached hydrogens (tertiary/aromatic N) is 2. The summed E-state index contributed by atoms with van der Waals surface area (Å²) in [5.41, 5.74) is 3.54. The fourth-order valence-corrected chi connectivity index (χ4v) is 4.54. The Balaban J connectivity index is 1.53. The molecule has 8 heteroatoms. The minimum Gasteiger partial charge on any atom is -0.327 e. The maximum absolute atomic E-state index is 12.8. The Hall–Kier alpha value is -3.49. The average Bonchev–Trinajstić information content (AvgIpc) is 3.14. The number of carbonyl (C=O) groups is 1. The van der Waals surface area contributed by atoms with Crippen LogP contribution in [-0.2, 0) is 34.3 Å². The Bertz CT molecular complexity index is 1330. The molecule has 2 N–H and O–H groups in total. The van der Waals surface area contributed by atoms with Gasteiger partial charge in [0.05, 0.1) is 22.5 Å². The summed E-state index contributed by atoms with van der Waals surface area (Å²) >= 11 is 0. The third-order valence-corrected chi connectivity index (χ3v) is 6.52. The zero-order chi connectivity index (χ0) is 22.6. The molecule has 164 valence electrons. The fraction of sp³-hybridized carbons (Fsp3) is 0.167. The zero-order valence-electron chi connectivity index (χ0n) is 17.7. The normalized spacial score (nSPS) is 11.5. The van der Waals surface area contributed by atoms with E-state index >= 15 is 0 Å². The Morgan fingerprint density at radius 3 is 2.34 bits per heavy atom. The molecule has 0 aliphatic heterocycles. The SMILES string of the molecule is CC(=O)Nc1ccc(S(=O)(=O)NCc2nc3ccccc3n2CCc2ccccc2)cc1. The molecule has 7 nitrogen and oxygen atoms in total. The lowest BCUT2D eigenvalue weighted by Crippen LogP contribution is -2.25. The van der Waals surface area contributed by atoms with Crippen molar-refractivity contribution in [1.82, 2.24) is 14.3 Å². The highest BCUT2D eigenvalue weighted by Crippen LogP contribution is 2.19. The second-order valence-corrected chi connectivity index (χ2v) is 9.20. The van der Waals surface area contributed by atoms with Crippen molar-refractivity contribution >= 4 is 32.7 Å². The van der Waals surface area contributed by atoms with Gasteiger partial charge in [-0.15, -0.1) is 0 Å². The first-order valence-corrected chi connectivity index (χ1v) is 11.8. The van der Waals surface area contributed by atoms with E-state index in [1.165, 1.54) is 24.6 Å². The van der Waals surface area contributed by atoms with Crippen LogP contribution in [0.15, 0.2) is 83.8 Å². The standard InChI is InChI=1S/C24H24N4O3S/c1-18(29)26-20-11-13-21(14-12-20)32(30,31)25-17-24-27-22-9-5-6-10-23(22)28(24)16-15-19-7-3-2-4-8-19/h2-14,25H,15-17H2,1H3,(H,26,29). The van der Waals surface area contributed by atoms with E-state index in [9.17, 15) is 13.2 Å². The number of carbonyl (C=O) groups excluding carboxylic acids is 1. The largest absolute Gasteiger partial charge is 0.327 e. The van der Waals surface area contributed by atoms with E-state index in [4.69, 9.17) is 0 Å². The van der Waals surface area contributed by atoms with Crippen LogP contribution in [-0.4, -0.2) is 23.9 Å². The summed E-state index contributed by atoms with van der Waals surface area (Å²) in [7, 11) is -3.74. The number of nitrogens with one attached hydrogen (secondary N) is 2. The van der Waals surface area contributed by atoms with Crippen molar-refractivity contribution in [1.29, 1.82) is 0 Å². The summed E-state index contributed by atoms with van der Waals surface area (Å²) in [6.07, 6.45) is 0.811. The van der Waals surface area contributed by atoms with Crippen molar-refractivity contribution in [2.24, 2.45) is 0 Å². The number of sulfonamides is 1. The number of imidazole rings is 1. The summed E-state index contributed by atoms with van der Waals surface area (Å²) in [5.74, 6) is 0.439. The van der Waals surface area contributed by atoms with Gasteiger partial charge in [0.2, 0.25) is 15.9 Å². The van der Waals surface area contributed by atoms with E-state index in [0.29, 0.717) is 18.1 Å². The van der Waals surface area contributed by atoms with E-state index in [-0.39, 0.29) is 17.3 Å². The van der Waals surface area contributed by atoms with Crippen LogP contribution in [0.1, 0.15) is 18.3 Å². The molecule has 0 saturated carbocycles. The van der Waals surface area contributed by atoms with E-state index < -0.39 is 10.0 Å². The maximum Gasteiger partial charge on any atom is 0.240 e. The van der Waals surface area contributed by atoms with Crippen LogP contribution in [0.2, 0.25) is 0 Å². The van der Waals surface area contributed by atoms with Crippen LogP contribution in [0.3, 0.4) is 0 Å². The number of anilines is 1. The van der Waals surface area contributed by atoms with Gasteiger partial charge in [-0.3, -0.25) is 4.79 Å². The molecule has 0 aliphatic carbocycles. The topological polar surface area (TPSA) is 93.1 Å². The lowest BCUT2D eigenvalue weighted by Gasteiger charge is -2.11. The molecular weight excluding hydrogens is 424 g/mol. The zero-order valence-corrected chi connectivity index (χ0v) is 18.5. The molecule has 1 heterocycles. The van der Waals surface area contributed by atoms with Crippen molar-refractivity contribution in [3.05, 3.63) is 90.3 Å². The Labute approximate surface area is 187 Å². The third kappa shape index (κ3) is 5.04. The van der Waals surface area contributed by atoms with E-state index in [1.807, 2.05) is 42.5 Å². The predicted octanol–water partition coefficient (Wildman–Crippen LogP) is 3.72. The highest BCUT2D eigenvalue weighted by molar-refractivity contribution is 7.89. The van der Waals surface area contributed by atoms with Gasteiger partial charge in [0.1, 0.15) is 5.82 Å². The highest BCUT2D eigenvalue weighted by atomic mass is 32.2. The first kappa shape index (κ1) is 21.7.